The van der Waals surface area contributed by atoms with Crippen molar-refractivity contribution in [3.63, 3.8) is 0 Å². The van der Waals surface area contributed by atoms with E-state index in [4.69, 9.17) is 10.00 Å². The molecule has 0 spiro atoms. The zero-order valence-electron chi connectivity index (χ0n) is 18.4. The van der Waals surface area contributed by atoms with Crippen molar-refractivity contribution in [1.82, 2.24) is 14.9 Å². The van der Waals surface area contributed by atoms with Gasteiger partial charge in [0.1, 0.15) is 17.6 Å². The number of methoxy groups -OCH3 is 1. The van der Waals surface area contributed by atoms with Gasteiger partial charge in [-0.2, -0.15) is 5.26 Å². The van der Waals surface area contributed by atoms with Crippen LogP contribution in [0.3, 0.4) is 0 Å². The Labute approximate surface area is 186 Å². The fourth-order valence-corrected chi connectivity index (χ4v) is 3.32. The maximum absolute atomic E-state index is 14.6. The van der Waals surface area contributed by atoms with E-state index in [1.165, 1.54) is 10.6 Å². The van der Waals surface area contributed by atoms with Crippen molar-refractivity contribution in [3.8, 4) is 22.9 Å². The molecule has 7 nitrogen and oxygen atoms in total. The summed E-state index contributed by atoms with van der Waals surface area (Å²) in [6.45, 7) is 7.61. The maximum atomic E-state index is 14.6. The zero-order chi connectivity index (χ0) is 23.3. The van der Waals surface area contributed by atoms with Crippen molar-refractivity contribution < 1.29 is 9.13 Å². The van der Waals surface area contributed by atoms with E-state index in [-0.39, 0.29) is 11.1 Å². The van der Waals surface area contributed by atoms with Crippen LogP contribution in [-0.2, 0) is 7.05 Å². The van der Waals surface area contributed by atoms with Gasteiger partial charge >= 0.3 is 0 Å². The van der Waals surface area contributed by atoms with Crippen LogP contribution in [0.15, 0.2) is 59.2 Å². The first-order valence-electron chi connectivity index (χ1n) is 10.2. The number of hydrogen-bond donors (Lipinski definition) is 2. The molecule has 1 aromatic heterocycles. The van der Waals surface area contributed by atoms with Gasteiger partial charge in [0.25, 0.3) is 5.56 Å². The molecule has 166 valence electrons. The lowest BCUT2D eigenvalue weighted by molar-refractivity contribution is 0.364. The van der Waals surface area contributed by atoms with Gasteiger partial charge in [-0.25, -0.2) is 9.37 Å². The monoisotopic (exact) mass is 435 g/mol. The van der Waals surface area contributed by atoms with E-state index < -0.39 is 5.83 Å². The van der Waals surface area contributed by atoms with E-state index in [0.717, 1.165) is 19.2 Å². The molecule has 0 unspecified atom stereocenters. The molecule has 0 bridgehead atoms. The molecule has 1 fully saturated rings. The number of allylic oxidation sites excluding steroid dienone is 5. The van der Waals surface area contributed by atoms with Gasteiger partial charge in [0.05, 0.1) is 23.9 Å². The van der Waals surface area contributed by atoms with Gasteiger partial charge in [-0.05, 0) is 42.3 Å². The second kappa shape index (κ2) is 10.1. The highest BCUT2D eigenvalue weighted by Gasteiger charge is 2.21. The summed E-state index contributed by atoms with van der Waals surface area (Å²) in [6, 6.07) is 8.79. The van der Waals surface area contributed by atoms with E-state index in [0.29, 0.717) is 46.6 Å². The van der Waals surface area contributed by atoms with Crippen LogP contribution in [0.4, 0.5) is 10.3 Å². The molecule has 0 atom stereocenters. The third kappa shape index (κ3) is 4.79. The van der Waals surface area contributed by atoms with Crippen LogP contribution in [0.5, 0.6) is 5.75 Å². The van der Waals surface area contributed by atoms with Crippen LogP contribution >= 0.6 is 0 Å². The van der Waals surface area contributed by atoms with Crippen LogP contribution in [0, 0.1) is 17.2 Å². The Balaban J connectivity index is 2.16. The summed E-state index contributed by atoms with van der Waals surface area (Å²) < 4.78 is 21.3. The molecule has 0 amide bonds. The van der Waals surface area contributed by atoms with Gasteiger partial charge in [-0.15, -0.1) is 0 Å². The Hall–Kier alpha value is -3.70. The summed E-state index contributed by atoms with van der Waals surface area (Å²) in [5.74, 6) is 0.770. The maximum Gasteiger partial charge on any atom is 0.263 e. The SMILES string of the molecule is C=C/C(C#N)=C(F)\C=C(/C)c1nc(NCC2CNC2)n(C)c(=O)c1-c1ccc(OC)cc1. The number of halogens is 1. The molecule has 0 aliphatic carbocycles. The van der Waals surface area contributed by atoms with Gasteiger partial charge in [0, 0.05) is 32.6 Å². The average Bonchev–Trinajstić information content (AvgIpc) is 2.76. The molecule has 0 saturated carbocycles. The zero-order valence-corrected chi connectivity index (χ0v) is 18.4. The summed E-state index contributed by atoms with van der Waals surface area (Å²) >= 11 is 0. The summed E-state index contributed by atoms with van der Waals surface area (Å²) in [5, 5.41) is 15.5. The largest absolute Gasteiger partial charge is 0.497 e. The molecule has 8 heteroatoms. The van der Waals surface area contributed by atoms with Crippen LogP contribution in [0.1, 0.15) is 12.6 Å². The lowest BCUT2D eigenvalue weighted by atomic mass is 10.00. The number of ether oxygens (including phenoxy) is 1. The van der Waals surface area contributed by atoms with E-state index >= 15 is 0 Å². The van der Waals surface area contributed by atoms with Gasteiger partial charge < -0.3 is 15.4 Å². The number of nitriles is 1. The summed E-state index contributed by atoms with van der Waals surface area (Å²) in [5.41, 5.74) is 1.26. The third-order valence-electron chi connectivity index (χ3n) is 5.38. The first-order valence-corrected chi connectivity index (χ1v) is 10.2. The summed E-state index contributed by atoms with van der Waals surface area (Å²) in [7, 11) is 3.21. The molecule has 1 aromatic carbocycles. The van der Waals surface area contributed by atoms with Crippen molar-refractivity contribution in [3.05, 3.63) is 70.4 Å². The molecule has 1 aliphatic rings. The Morgan fingerprint density at radius 1 is 1.44 bits per heavy atom. The highest BCUT2D eigenvalue weighted by molar-refractivity contribution is 5.79. The van der Waals surface area contributed by atoms with E-state index in [2.05, 4.69) is 22.2 Å². The minimum Gasteiger partial charge on any atom is -0.497 e. The fourth-order valence-electron chi connectivity index (χ4n) is 3.32. The van der Waals surface area contributed by atoms with Crippen molar-refractivity contribution in [1.29, 1.82) is 5.26 Å². The molecular weight excluding hydrogens is 409 g/mol. The van der Waals surface area contributed by atoms with E-state index in [1.54, 1.807) is 51.4 Å². The first kappa shape index (κ1) is 23.0. The second-order valence-corrected chi connectivity index (χ2v) is 7.56. The van der Waals surface area contributed by atoms with Crippen molar-refractivity contribution >= 4 is 11.5 Å². The fraction of sp³-hybridized carbons (Fsp3) is 0.292. The molecule has 3 rings (SSSR count). The highest BCUT2D eigenvalue weighted by atomic mass is 19.1. The van der Waals surface area contributed by atoms with Crippen LogP contribution in [0.2, 0.25) is 0 Å². The van der Waals surface area contributed by atoms with Crippen LogP contribution in [-0.4, -0.2) is 36.3 Å². The molecule has 1 aliphatic heterocycles. The normalized spacial score (nSPS) is 14.8. The number of nitrogens with one attached hydrogen (secondary N) is 2. The molecule has 0 radical (unpaired) electrons. The molecule has 32 heavy (non-hydrogen) atoms. The van der Waals surface area contributed by atoms with Crippen molar-refractivity contribution in [2.75, 3.05) is 32.1 Å². The molecular formula is C24H26FN5O2. The third-order valence-corrected chi connectivity index (χ3v) is 5.38. The second-order valence-electron chi connectivity index (χ2n) is 7.56. The lowest BCUT2D eigenvalue weighted by Crippen LogP contribution is -2.45. The predicted octanol–water partition coefficient (Wildman–Crippen LogP) is 3.42. The van der Waals surface area contributed by atoms with Crippen molar-refractivity contribution in [2.24, 2.45) is 13.0 Å². The molecule has 1 saturated heterocycles. The number of nitrogens with zero attached hydrogens (tertiary/aromatic N) is 3. The van der Waals surface area contributed by atoms with Gasteiger partial charge in [0.15, 0.2) is 0 Å². The molecule has 2 aromatic rings. The Morgan fingerprint density at radius 3 is 2.66 bits per heavy atom. The average molecular weight is 436 g/mol. The van der Waals surface area contributed by atoms with E-state index in [1.807, 2.05) is 0 Å². The Bertz CT molecular complexity index is 1170. The Morgan fingerprint density at radius 2 is 2.12 bits per heavy atom. The summed E-state index contributed by atoms with van der Waals surface area (Å²) in [6.07, 6.45) is 2.36. The molecule has 2 N–H and O–H groups in total. The van der Waals surface area contributed by atoms with Gasteiger partial charge in [0.2, 0.25) is 5.95 Å². The standard InChI is InChI=1S/C24H26FN5O2/c1-5-17(11-26)20(25)10-15(2)22-21(18-6-8-19(32-4)9-7-18)23(31)30(3)24(29-22)28-14-16-12-27-13-16/h5-10,16,27H,1,12-14H2,2-4H3,(H,28,29)/b15-10+,20-17-. The minimum absolute atomic E-state index is 0.185. The van der Waals surface area contributed by atoms with Gasteiger partial charge in [-0.3, -0.25) is 9.36 Å². The van der Waals surface area contributed by atoms with Gasteiger partial charge in [-0.1, -0.05) is 18.7 Å². The minimum atomic E-state index is -0.738. The Kier molecular flexibility index (Phi) is 7.23. The van der Waals surface area contributed by atoms with Crippen LogP contribution < -0.4 is 20.9 Å². The molecule has 2 heterocycles. The van der Waals surface area contributed by atoms with Crippen LogP contribution in [0.25, 0.3) is 16.7 Å². The van der Waals surface area contributed by atoms with E-state index in [9.17, 15) is 9.18 Å². The number of hydrogen-bond acceptors (Lipinski definition) is 6. The topological polar surface area (TPSA) is 92.0 Å². The number of anilines is 1. The number of rotatable bonds is 8. The quantitative estimate of drug-likeness (QED) is 0.488. The van der Waals surface area contributed by atoms with Crippen molar-refractivity contribution in [2.45, 2.75) is 6.92 Å². The first-order chi connectivity index (χ1) is 15.4. The number of aromatic nitrogens is 2. The highest BCUT2D eigenvalue weighted by Crippen LogP contribution is 2.28. The summed E-state index contributed by atoms with van der Waals surface area (Å²) in [4.78, 5) is 18.0. The number of benzene rings is 1. The smallest absolute Gasteiger partial charge is 0.263 e. The predicted molar refractivity (Wildman–Crippen MR) is 124 cm³/mol. The lowest BCUT2D eigenvalue weighted by Gasteiger charge is -2.27.